The molecule has 1 aliphatic heterocycles. The van der Waals surface area contributed by atoms with Gasteiger partial charge in [-0.1, -0.05) is 13.8 Å². The lowest BCUT2D eigenvalue weighted by Gasteiger charge is -2.33. The number of quaternary nitrogens is 1. The van der Waals surface area contributed by atoms with Crippen molar-refractivity contribution < 1.29 is 23.3 Å². The molecule has 1 amide bonds. The minimum absolute atomic E-state index is 0.0563. The molecule has 0 spiro atoms. The Bertz CT molecular complexity index is 791. The molecule has 1 saturated heterocycles. The van der Waals surface area contributed by atoms with Gasteiger partial charge in [0.15, 0.2) is 6.04 Å². The first-order valence-corrected chi connectivity index (χ1v) is 12.1. The number of rotatable bonds is 6. The van der Waals surface area contributed by atoms with Crippen LogP contribution in [0.15, 0.2) is 29.2 Å². The van der Waals surface area contributed by atoms with Gasteiger partial charge in [-0.3, -0.25) is 4.79 Å². The summed E-state index contributed by atoms with van der Waals surface area (Å²) in [6.07, 6.45) is 3.64. The summed E-state index contributed by atoms with van der Waals surface area (Å²) in [6.45, 7) is 8.07. The van der Waals surface area contributed by atoms with Crippen molar-refractivity contribution in [1.82, 2.24) is 4.31 Å². The van der Waals surface area contributed by atoms with Crippen LogP contribution in [-0.2, 0) is 19.6 Å². The molecule has 2 fully saturated rings. The maximum Gasteiger partial charge on any atom is 0.282 e. The fraction of sp³-hybridized carbons (Fsp3) is 0.667. The number of hydrogen-bond donors (Lipinski definition) is 2. The van der Waals surface area contributed by atoms with E-state index in [-0.39, 0.29) is 16.8 Å². The standard InChI is InChI=1S/C21H33N3O4S/c1-15-5-4-6-20(16(15)2)22-17(3)21(25)23-18-7-9-19(10-8-18)29(26,27)24-11-13-28-14-12-24/h7-10,15-17,20,22H,4-6,11-14H2,1-3H3,(H,23,25)/p+1/t15-,16-,17+,20-/m1/s1. The molecule has 3 N–H and O–H groups in total. The summed E-state index contributed by atoms with van der Waals surface area (Å²) in [5.74, 6) is 1.24. The van der Waals surface area contributed by atoms with E-state index in [0.717, 1.165) is 6.42 Å². The number of nitrogens with zero attached hydrogens (tertiary/aromatic N) is 1. The molecule has 0 unspecified atom stereocenters. The predicted octanol–water partition coefficient (Wildman–Crippen LogP) is 1.42. The van der Waals surface area contributed by atoms with E-state index in [2.05, 4.69) is 24.5 Å². The zero-order chi connectivity index (χ0) is 21.0. The summed E-state index contributed by atoms with van der Waals surface area (Å²) in [5.41, 5.74) is 0.612. The Balaban J connectivity index is 1.58. The van der Waals surface area contributed by atoms with Crippen molar-refractivity contribution in [2.45, 2.75) is 57.0 Å². The Morgan fingerprint density at radius 2 is 1.83 bits per heavy atom. The van der Waals surface area contributed by atoms with Gasteiger partial charge >= 0.3 is 0 Å². The fourth-order valence-electron chi connectivity index (χ4n) is 4.26. The first-order chi connectivity index (χ1) is 13.8. The zero-order valence-corrected chi connectivity index (χ0v) is 18.5. The van der Waals surface area contributed by atoms with Gasteiger partial charge in [-0.25, -0.2) is 8.42 Å². The minimum Gasteiger partial charge on any atom is -0.379 e. The van der Waals surface area contributed by atoms with Crippen molar-refractivity contribution >= 4 is 21.6 Å². The van der Waals surface area contributed by atoms with E-state index in [1.807, 2.05) is 6.92 Å². The summed E-state index contributed by atoms with van der Waals surface area (Å²) in [7, 11) is -3.52. The van der Waals surface area contributed by atoms with Crippen LogP contribution in [0, 0.1) is 11.8 Å². The summed E-state index contributed by atoms with van der Waals surface area (Å²) >= 11 is 0. The molecule has 2 aliphatic rings. The molecule has 0 bridgehead atoms. The van der Waals surface area contributed by atoms with Gasteiger partial charge in [0.05, 0.1) is 24.2 Å². The highest BCUT2D eigenvalue weighted by molar-refractivity contribution is 7.89. The highest BCUT2D eigenvalue weighted by Gasteiger charge is 2.32. The number of sulfonamides is 1. The molecular weight excluding hydrogens is 390 g/mol. The summed E-state index contributed by atoms with van der Waals surface area (Å²) in [5, 5.41) is 5.10. The van der Waals surface area contributed by atoms with Crippen LogP contribution in [0.4, 0.5) is 5.69 Å². The van der Waals surface area contributed by atoms with Gasteiger partial charge in [-0.15, -0.1) is 0 Å². The molecule has 1 aromatic rings. The number of amides is 1. The number of ether oxygens (including phenoxy) is 1. The van der Waals surface area contributed by atoms with Crippen molar-refractivity contribution in [2.75, 3.05) is 31.6 Å². The molecule has 1 aromatic carbocycles. The molecule has 4 atom stereocenters. The largest absolute Gasteiger partial charge is 0.379 e. The second-order valence-corrected chi connectivity index (χ2v) is 10.4. The number of nitrogens with two attached hydrogens (primary N) is 1. The van der Waals surface area contributed by atoms with Crippen molar-refractivity contribution in [2.24, 2.45) is 11.8 Å². The van der Waals surface area contributed by atoms with Crippen molar-refractivity contribution in [3.8, 4) is 0 Å². The van der Waals surface area contributed by atoms with Gasteiger partial charge in [0.25, 0.3) is 5.91 Å². The van der Waals surface area contributed by atoms with E-state index in [0.29, 0.717) is 49.9 Å². The van der Waals surface area contributed by atoms with Gasteiger partial charge in [-0.2, -0.15) is 4.31 Å². The zero-order valence-electron chi connectivity index (χ0n) is 17.6. The highest BCUT2D eigenvalue weighted by Crippen LogP contribution is 2.27. The lowest BCUT2D eigenvalue weighted by atomic mass is 9.78. The molecule has 0 radical (unpaired) electrons. The van der Waals surface area contributed by atoms with Crippen LogP contribution < -0.4 is 10.6 Å². The molecule has 1 saturated carbocycles. The lowest BCUT2D eigenvalue weighted by molar-refractivity contribution is -0.715. The molecule has 0 aromatic heterocycles. The SMILES string of the molecule is C[C@@H]1[C@H](C)CCC[C@H]1[NH2+][C@@H](C)C(=O)Nc1ccc(S(=O)(=O)N2CCOCC2)cc1. The van der Waals surface area contributed by atoms with Crippen LogP contribution in [0.2, 0.25) is 0 Å². The lowest BCUT2D eigenvalue weighted by Crippen LogP contribution is -2.97. The van der Waals surface area contributed by atoms with E-state index in [1.165, 1.54) is 17.1 Å². The smallest absolute Gasteiger partial charge is 0.282 e. The fourth-order valence-corrected chi connectivity index (χ4v) is 5.66. The third-order valence-electron chi connectivity index (χ3n) is 6.45. The maximum atomic E-state index is 12.7. The first kappa shape index (κ1) is 22.2. The van der Waals surface area contributed by atoms with Gasteiger partial charge in [0, 0.05) is 24.7 Å². The van der Waals surface area contributed by atoms with E-state index in [1.54, 1.807) is 24.3 Å². The van der Waals surface area contributed by atoms with Gasteiger partial charge < -0.3 is 15.4 Å². The number of nitrogens with one attached hydrogen (secondary N) is 1. The molecule has 3 rings (SSSR count). The van der Waals surface area contributed by atoms with E-state index in [9.17, 15) is 13.2 Å². The molecule has 1 aliphatic carbocycles. The van der Waals surface area contributed by atoms with Crippen molar-refractivity contribution in [3.05, 3.63) is 24.3 Å². The maximum absolute atomic E-state index is 12.7. The summed E-state index contributed by atoms with van der Waals surface area (Å²) in [6, 6.07) is 6.70. The van der Waals surface area contributed by atoms with Crippen LogP contribution >= 0.6 is 0 Å². The Kier molecular flexibility index (Phi) is 7.32. The van der Waals surface area contributed by atoms with Crippen LogP contribution in [0.5, 0.6) is 0 Å². The second kappa shape index (κ2) is 9.55. The average Bonchev–Trinajstić information content (AvgIpc) is 2.72. The molecule has 29 heavy (non-hydrogen) atoms. The monoisotopic (exact) mass is 424 g/mol. The van der Waals surface area contributed by atoms with E-state index < -0.39 is 10.0 Å². The molecule has 1 heterocycles. The van der Waals surface area contributed by atoms with Crippen LogP contribution in [0.3, 0.4) is 0 Å². The second-order valence-electron chi connectivity index (χ2n) is 8.44. The molecular formula is C21H34N3O4S+. The van der Waals surface area contributed by atoms with Gasteiger partial charge in [-0.05, 0) is 56.4 Å². The van der Waals surface area contributed by atoms with Crippen molar-refractivity contribution in [1.29, 1.82) is 0 Å². The number of morpholine rings is 1. The number of carbonyl (C=O) groups is 1. The Morgan fingerprint density at radius 3 is 2.48 bits per heavy atom. The third-order valence-corrected chi connectivity index (χ3v) is 8.36. The number of hydrogen-bond acceptors (Lipinski definition) is 4. The highest BCUT2D eigenvalue weighted by atomic mass is 32.2. The third kappa shape index (κ3) is 5.36. The molecule has 8 heteroatoms. The molecule has 7 nitrogen and oxygen atoms in total. The Labute approximate surface area is 174 Å². The van der Waals surface area contributed by atoms with E-state index in [4.69, 9.17) is 4.74 Å². The van der Waals surface area contributed by atoms with Crippen molar-refractivity contribution in [3.63, 3.8) is 0 Å². The van der Waals surface area contributed by atoms with Gasteiger partial charge in [0.2, 0.25) is 10.0 Å². The average molecular weight is 425 g/mol. The predicted molar refractivity (Wildman–Crippen MR) is 112 cm³/mol. The van der Waals surface area contributed by atoms with Crippen LogP contribution in [0.25, 0.3) is 0 Å². The quantitative estimate of drug-likeness (QED) is 0.722. The minimum atomic E-state index is -3.52. The topological polar surface area (TPSA) is 92.3 Å². The Hall–Kier alpha value is -1.48. The van der Waals surface area contributed by atoms with E-state index >= 15 is 0 Å². The number of anilines is 1. The van der Waals surface area contributed by atoms with Crippen LogP contribution in [0.1, 0.15) is 40.0 Å². The number of carbonyl (C=O) groups excluding carboxylic acids is 1. The number of benzene rings is 1. The normalized spacial score (nSPS) is 27.3. The van der Waals surface area contributed by atoms with Gasteiger partial charge in [0.1, 0.15) is 0 Å². The summed E-state index contributed by atoms with van der Waals surface area (Å²) < 4.78 is 32.0. The Morgan fingerprint density at radius 1 is 1.17 bits per heavy atom. The summed E-state index contributed by atoms with van der Waals surface area (Å²) in [4.78, 5) is 12.9. The van der Waals surface area contributed by atoms with Crippen LogP contribution in [-0.4, -0.2) is 57.0 Å². The first-order valence-electron chi connectivity index (χ1n) is 10.6. The molecule has 162 valence electrons.